The Hall–Kier alpha value is -2.71. The first-order valence-electron chi connectivity index (χ1n) is 9.91. The van der Waals surface area contributed by atoms with E-state index in [1.807, 2.05) is 6.92 Å². The van der Waals surface area contributed by atoms with Crippen LogP contribution in [-0.4, -0.2) is 55.5 Å². The van der Waals surface area contributed by atoms with E-state index in [2.05, 4.69) is 6.58 Å². The van der Waals surface area contributed by atoms with Crippen molar-refractivity contribution in [3.63, 3.8) is 0 Å². The zero-order valence-electron chi connectivity index (χ0n) is 18.6. The van der Waals surface area contributed by atoms with Crippen molar-refractivity contribution in [2.75, 3.05) is 21.3 Å². The second kappa shape index (κ2) is 9.62. The van der Waals surface area contributed by atoms with Gasteiger partial charge >= 0.3 is 11.9 Å². The molecule has 2 rings (SSSR count). The van der Waals surface area contributed by atoms with Crippen molar-refractivity contribution in [2.24, 2.45) is 5.92 Å². The molecule has 0 radical (unpaired) electrons. The summed E-state index contributed by atoms with van der Waals surface area (Å²) in [5.74, 6) is -3.16. The first-order chi connectivity index (χ1) is 14.5. The monoisotopic (exact) mass is 434 g/mol. The highest BCUT2D eigenvalue weighted by molar-refractivity contribution is 5.96. The van der Waals surface area contributed by atoms with Gasteiger partial charge in [0.2, 0.25) is 5.79 Å². The Labute approximate surface area is 182 Å². The van der Waals surface area contributed by atoms with Crippen molar-refractivity contribution in [2.45, 2.75) is 50.9 Å². The lowest BCUT2D eigenvalue weighted by atomic mass is 9.86. The number of ketones is 1. The van der Waals surface area contributed by atoms with E-state index in [9.17, 15) is 19.5 Å². The molecule has 8 nitrogen and oxygen atoms in total. The molecular formula is C23H30O8. The fourth-order valence-electron chi connectivity index (χ4n) is 3.77. The number of carbonyl (C=O) groups excluding carboxylic acids is 3. The van der Waals surface area contributed by atoms with Crippen LogP contribution in [0, 0.1) is 5.92 Å². The molecule has 0 fully saturated rings. The summed E-state index contributed by atoms with van der Waals surface area (Å²) in [6.07, 6.45) is 4.52. The van der Waals surface area contributed by atoms with Crippen LogP contribution in [0.15, 0.2) is 47.3 Å². The van der Waals surface area contributed by atoms with Crippen molar-refractivity contribution < 1.29 is 38.4 Å². The van der Waals surface area contributed by atoms with Crippen LogP contribution < -0.4 is 0 Å². The quantitative estimate of drug-likeness (QED) is 0.531. The summed E-state index contributed by atoms with van der Waals surface area (Å²) in [5.41, 5.74) is -0.485. The number of rotatable bonds is 4. The molecule has 1 N–H and O–H groups in total. The third kappa shape index (κ3) is 5.71. The highest BCUT2D eigenvalue weighted by Crippen LogP contribution is 2.42. The minimum absolute atomic E-state index is 0.131. The Morgan fingerprint density at radius 2 is 1.87 bits per heavy atom. The van der Waals surface area contributed by atoms with Crippen molar-refractivity contribution >= 4 is 17.7 Å². The van der Waals surface area contributed by atoms with Crippen LogP contribution in [0.5, 0.6) is 0 Å². The molecule has 2 heterocycles. The van der Waals surface area contributed by atoms with Gasteiger partial charge < -0.3 is 24.1 Å². The van der Waals surface area contributed by atoms with Gasteiger partial charge in [0.15, 0.2) is 0 Å². The summed E-state index contributed by atoms with van der Waals surface area (Å²) in [7, 11) is 3.90. The molecule has 0 spiro atoms. The van der Waals surface area contributed by atoms with Crippen LogP contribution in [0.2, 0.25) is 0 Å². The van der Waals surface area contributed by atoms with E-state index in [4.69, 9.17) is 18.9 Å². The van der Waals surface area contributed by atoms with Gasteiger partial charge in [-0.05, 0) is 38.3 Å². The van der Waals surface area contributed by atoms with E-state index in [1.165, 1.54) is 40.4 Å². The molecule has 3 unspecified atom stereocenters. The van der Waals surface area contributed by atoms with Crippen molar-refractivity contribution in [1.29, 1.82) is 0 Å². The third-order valence-corrected chi connectivity index (χ3v) is 5.42. The first kappa shape index (κ1) is 24.6. The number of methoxy groups -OCH3 is 3. The molecule has 2 bridgehead atoms. The minimum Gasteiger partial charge on any atom is -0.466 e. The van der Waals surface area contributed by atoms with Gasteiger partial charge in [-0.3, -0.25) is 4.79 Å². The number of carbonyl (C=O) groups is 3. The summed E-state index contributed by atoms with van der Waals surface area (Å²) in [4.78, 5) is 37.3. The molecule has 0 aromatic carbocycles. The fraction of sp³-hybridized carbons (Fsp3) is 0.522. The Balaban J connectivity index is 2.63. The lowest BCUT2D eigenvalue weighted by Crippen LogP contribution is -2.39. The van der Waals surface area contributed by atoms with Crippen LogP contribution in [-0.2, 0) is 33.3 Å². The van der Waals surface area contributed by atoms with E-state index < -0.39 is 23.3 Å². The standard InChI is InChI=1S/C23H30O8/c1-14(2)16-8-7-15(20(25)28-4)9-17(24)12-22(3,27)13-18-10-19(21(26)29-5)23(11-16,30-6)31-18/h7,10,13,16,27H,1,8-9,11-12H2,2-6H3. The average Bonchev–Trinajstić information content (AvgIpc) is 3.05. The molecule has 31 heavy (non-hydrogen) atoms. The Morgan fingerprint density at radius 3 is 2.42 bits per heavy atom. The lowest BCUT2D eigenvalue weighted by Gasteiger charge is -2.33. The lowest BCUT2D eigenvalue weighted by molar-refractivity contribution is -0.178. The fourth-order valence-corrected chi connectivity index (χ4v) is 3.77. The maximum absolute atomic E-state index is 12.6. The average molecular weight is 434 g/mol. The van der Waals surface area contributed by atoms with Crippen LogP contribution in [0.1, 0.15) is 39.5 Å². The Bertz CT molecular complexity index is 861. The number of ether oxygens (including phenoxy) is 4. The Morgan fingerprint density at radius 1 is 1.23 bits per heavy atom. The zero-order chi connectivity index (χ0) is 23.4. The van der Waals surface area contributed by atoms with Crippen molar-refractivity contribution in [3.8, 4) is 0 Å². The molecule has 0 aliphatic carbocycles. The van der Waals surface area contributed by atoms with Gasteiger partial charge in [0.25, 0.3) is 0 Å². The Kier molecular flexibility index (Phi) is 7.62. The topological polar surface area (TPSA) is 108 Å². The highest BCUT2D eigenvalue weighted by Gasteiger charge is 2.48. The highest BCUT2D eigenvalue weighted by atomic mass is 16.7. The van der Waals surface area contributed by atoms with Gasteiger partial charge in [-0.2, -0.15) is 0 Å². The van der Waals surface area contributed by atoms with E-state index in [0.717, 1.165) is 5.57 Å². The number of hydrogen-bond acceptors (Lipinski definition) is 8. The zero-order valence-corrected chi connectivity index (χ0v) is 18.6. The molecular weight excluding hydrogens is 404 g/mol. The van der Waals surface area contributed by atoms with Crippen LogP contribution in [0.4, 0.5) is 0 Å². The maximum atomic E-state index is 12.6. The molecule has 3 atom stereocenters. The number of aliphatic hydroxyl groups is 1. The van der Waals surface area contributed by atoms with E-state index in [0.29, 0.717) is 6.42 Å². The number of esters is 2. The molecule has 0 saturated carbocycles. The van der Waals surface area contributed by atoms with Crippen molar-refractivity contribution in [1.82, 2.24) is 0 Å². The summed E-state index contributed by atoms with van der Waals surface area (Å²) in [6, 6.07) is 0. The van der Waals surface area contributed by atoms with Crippen LogP contribution in [0.3, 0.4) is 0 Å². The van der Waals surface area contributed by atoms with Gasteiger partial charge in [0.1, 0.15) is 17.1 Å². The SMILES string of the molecule is C=C(C)C1CC=C(C(=O)OC)CC(=O)CC(C)(O)C=C2C=C(C(=O)OC)C(OC)(C1)O2. The number of hydrogen-bond donors (Lipinski definition) is 1. The smallest absolute Gasteiger partial charge is 0.340 e. The predicted molar refractivity (Wildman–Crippen MR) is 112 cm³/mol. The second-order valence-corrected chi connectivity index (χ2v) is 8.11. The van der Waals surface area contributed by atoms with E-state index in [1.54, 1.807) is 6.08 Å². The van der Waals surface area contributed by atoms with E-state index >= 15 is 0 Å². The van der Waals surface area contributed by atoms with Gasteiger partial charge in [-0.1, -0.05) is 18.2 Å². The third-order valence-electron chi connectivity index (χ3n) is 5.42. The van der Waals surface area contributed by atoms with Gasteiger partial charge in [-0.15, -0.1) is 0 Å². The number of fused-ring (bicyclic) bond motifs is 2. The second-order valence-electron chi connectivity index (χ2n) is 8.11. The first-order valence-corrected chi connectivity index (χ1v) is 9.91. The largest absolute Gasteiger partial charge is 0.466 e. The molecule has 0 aromatic heterocycles. The summed E-state index contributed by atoms with van der Waals surface area (Å²) in [5, 5.41) is 10.8. The number of allylic oxidation sites excluding steroid dienone is 3. The molecule has 170 valence electrons. The van der Waals surface area contributed by atoms with Gasteiger partial charge in [0.05, 0.1) is 19.8 Å². The van der Waals surface area contributed by atoms with Crippen LogP contribution >= 0.6 is 0 Å². The summed E-state index contributed by atoms with van der Waals surface area (Å²) in [6.45, 7) is 7.28. The summed E-state index contributed by atoms with van der Waals surface area (Å²) >= 11 is 0. The number of Topliss-reactive ketones (excluding diaryl/α,β-unsaturated/α-hetero) is 1. The molecule has 8 heteroatoms. The van der Waals surface area contributed by atoms with Gasteiger partial charge in [-0.25, -0.2) is 9.59 Å². The van der Waals surface area contributed by atoms with Crippen molar-refractivity contribution in [3.05, 3.63) is 47.3 Å². The van der Waals surface area contributed by atoms with Crippen LogP contribution in [0.25, 0.3) is 0 Å². The molecule has 0 saturated heterocycles. The normalized spacial score (nSPS) is 29.2. The van der Waals surface area contributed by atoms with Gasteiger partial charge in [0, 0.05) is 31.9 Å². The predicted octanol–water partition coefficient (Wildman–Crippen LogP) is 2.53. The van der Waals surface area contributed by atoms with E-state index in [-0.39, 0.29) is 47.9 Å². The minimum atomic E-state index is -1.59. The molecule has 2 aliphatic heterocycles. The summed E-state index contributed by atoms with van der Waals surface area (Å²) < 4.78 is 21.4. The molecule has 2 aliphatic rings. The molecule has 0 amide bonds. The maximum Gasteiger partial charge on any atom is 0.340 e. The molecule has 0 aromatic rings.